The van der Waals surface area contributed by atoms with E-state index in [2.05, 4.69) is 23.0 Å². The van der Waals surface area contributed by atoms with Crippen molar-refractivity contribution < 1.29 is 10.2 Å². The molecule has 1 fully saturated rings. The van der Waals surface area contributed by atoms with E-state index in [0.29, 0.717) is 11.4 Å². The maximum absolute atomic E-state index is 13.3. The van der Waals surface area contributed by atoms with Gasteiger partial charge in [-0.25, -0.2) is 4.98 Å². The number of nitrogen functional groups attached to an aromatic ring is 1. The number of rotatable bonds is 3. The summed E-state index contributed by atoms with van der Waals surface area (Å²) in [5.41, 5.74) is 14.9. The number of aromatic nitrogens is 2. The third-order valence-corrected chi connectivity index (χ3v) is 7.63. The van der Waals surface area contributed by atoms with Gasteiger partial charge in [0.1, 0.15) is 5.69 Å². The second-order valence-corrected chi connectivity index (χ2v) is 9.83. The van der Waals surface area contributed by atoms with Crippen molar-refractivity contribution in [2.75, 3.05) is 39.0 Å². The Labute approximate surface area is 204 Å². The zero-order valence-electron chi connectivity index (χ0n) is 20.1. The van der Waals surface area contributed by atoms with Crippen LogP contribution < -0.4 is 11.1 Å². The Hall–Kier alpha value is -3.71. The van der Waals surface area contributed by atoms with Crippen LogP contribution in [0, 0.1) is 0 Å². The highest BCUT2D eigenvalue weighted by Gasteiger charge is 2.25. The fourth-order valence-corrected chi connectivity index (χ4v) is 5.63. The summed E-state index contributed by atoms with van der Waals surface area (Å²) in [6, 6.07) is 12.1. The number of pyridine rings is 1. The van der Waals surface area contributed by atoms with Gasteiger partial charge >= 0.3 is 0 Å². The van der Waals surface area contributed by atoms with Gasteiger partial charge in [-0.3, -0.25) is 10.2 Å². The van der Waals surface area contributed by atoms with Crippen molar-refractivity contribution in [3.8, 4) is 11.3 Å². The molecule has 7 nitrogen and oxygen atoms in total. The molecule has 3 heterocycles. The molecule has 0 radical (unpaired) electrons. The number of aryl methyl sites for hydroxylation is 1. The third kappa shape index (κ3) is 3.67. The average Bonchev–Trinajstić information content (AvgIpc) is 3.33. The number of piperazine rings is 1. The van der Waals surface area contributed by atoms with Gasteiger partial charge in [0.05, 0.1) is 16.8 Å². The lowest BCUT2D eigenvalue weighted by molar-refractivity contribution is -0.104. The molecule has 1 aliphatic carbocycles. The number of hydrogen-bond acceptors (Lipinski definition) is 4. The van der Waals surface area contributed by atoms with Gasteiger partial charge in [-0.15, -0.1) is 0 Å². The van der Waals surface area contributed by atoms with Gasteiger partial charge in [-0.2, -0.15) is 0 Å². The minimum absolute atomic E-state index is 0.0772. The molecule has 178 valence electrons. The van der Waals surface area contributed by atoms with Crippen LogP contribution in [0.25, 0.3) is 33.1 Å². The molecular formula is C28H31N6O+. The summed E-state index contributed by atoms with van der Waals surface area (Å²) in [6.07, 6.45) is 5.86. The Balaban J connectivity index is 1.50. The molecule has 7 heteroatoms. The number of amides is 1. The highest BCUT2D eigenvalue weighted by molar-refractivity contribution is 6.11. The second kappa shape index (κ2) is 8.50. The van der Waals surface area contributed by atoms with Gasteiger partial charge in [0.25, 0.3) is 5.91 Å². The van der Waals surface area contributed by atoms with Crippen LogP contribution in [-0.2, 0) is 12.8 Å². The topological polar surface area (TPSA) is 104 Å². The van der Waals surface area contributed by atoms with Gasteiger partial charge in [-0.05, 0) is 74.2 Å². The summed E-state index contributed by atoms with van der Waals surface area (Å²) in [7, 11) is 2.10. The largest absolute Gasteiger partial charge is 0.398 e. The number of fused-ring (bicyclic) bond motifs is 5. The van der Waals surface area contributed by atoms with E-state index in [1.54, 1.807) is 6.21 Å². The predicted molar refractivity (Wildman–Crippen MR) is 141 cm³/mol. The van der Waals surface area contributed by atoms with E-state index in [-0.39, 0.29) is 5.91 Å². The van der Waals surface area contributed by atoms with Crippen LogP contribution in [0.1, 0.15) is 40.0 Å². The van der Waals surface area contributed by atoms with Crippen LogP contribution in [-0.4, -0.2) is 65.1 Å². The normalized spacial score (nSPS) is 16.5. The maximum Gasteiger partial charge on any atom is 0.270 e. The van der Waals surface area contributed by atoms with Gasteiger partial charge in [0, 0.05) is 53.7 Å². The molecule has 0 bridgehead atoms. The summed E-state index contributed by atoms with van der Waals surface area (Å²) in [5.74, 6) is 0.0772. The van der Waals surface area contributed by atoms with Crippen LogP contribution in [0.3, 0.4) is 0 Å². The van der Waals surface area contributed by atoms with Crippen molar-refractivity contribution in [3.05, 3.63) is 58.8 Å². The monoisotopic (exact) mass is 467 g/mol. The van der Waals surface area contributed by atoms with E-state index in [9.17, 15) is 4.79 Å². The molecule has 2 aliphatic rings. The summed E-state index contributed by atoms with van der Waals surface area (Å²) >= 11 is 0. The Morgan fingerprint density at radius 3 is 2.60 bits per heavy atom. The van der Waals surface area contributed by atoms with Crippen LogP contribution in [0.4, 0.5) is 5.69 Å². The number of anilines is 1. The number of H-pyrrole nitrogens is 1. The van der Waals surface area contributed by atoms with E-state index in [1.807, 2.05) is 35.2 Å². The van der Waals surface area contributed by atoms with E-state index >= 15 is 0 Å². The Morgan fingerprint density at radius 2 is 1.83 bits per heavy atom. The van der Waals surface area contributed by atoms with Gasteiger partial charge < -0.3 is 20.5 Å². The summed E-state index contributed by atoms with van der Waals surface area (Å²) in [5, 5.41) is 8.08. The average molecular weight is 468 g/mol. The van der Waals surface area contributed by atoms with Gasteiger partial charge in [0.2, 0.25) is 0 Å². The van der Waals surface area contributed by atoms with E-state index in [4.69, 9.17) is 16.1 Å². The van der Waals surface area contributed by atoms with Gasteiger partial charge in [-0.1, -0.05) is 6.07 Å². The molecular weight excluding hydrogens is 436 g/mol. The molecule has 5 N–H and O–H groups in total. The van der Waals surface area contributed by atoms with Crippen molar-refractivity contribution >= 4 is 39.6 Å². The molecule has 35 heavy (non-hydrogen) atoms. The molecule has 0 saturated carbocycles. The molecule has 2 aromatic carbocycles. The van der Waals surface area contributed by atoms with Crippen LogP contribution in [0.2, 0.25) is 0 Å². The summed E-state index contributed by atoms with van der Waals surface area (Å²) < 4.78 is 0. The van der Waals surface area contributed by atoms with Crippen molar-refractivity contribution in [2.45, 2.75) is 25.7 Å². The number of hydrogen-bond donors (Lipinski definition) is 3. The molecule has 1 amide bonds. The lowest BCUT2D eigenvalue weighted by Crippen LogP contribution is -2.47. The third-order valence-electron chi connectivity index (χ3n) is 7.63. The lowest BCUT2D eigenvalue weighted by Gasteiger charge is -2.32. The molecule has 1 aliphatic heterocycles. The first-order valence-corrected chi connectivity index (χ1v) is 12.4. The van der Waals surface area contributed by atoms with Crippen LogP contribution >= 0.6 is 0 Å². The Kier molecular flexibility index (Phi) is 5.29. The van der Waals surface area contributed by atoms with E-state index in [1.165, 1.54) is 16.5 Å². The zero-order chi connectivity index (χ0) is 24.1. The highest BCUT2D eigenvalue weighted by atomic mass is 16.2. The van der Waals surface area contributed by atoms with Crippen LogP contribution in [0.15, 0.2) is 36.4 Å². The number of likely N-dealkylation sites (N-methyl/N-ethyl adjacent to an activating group) is 1. The number of carbonyl (C=O) groups excluding carboxylic acids is 1. The molecule has 1 saturated heterocycles. The smallest absolute Gasteiger partial charge is 0.270 e. The van der Waals surface area contributed by atoms with Crippen molar-refractivity contribution in [1.29, 1.82) is 0 Å². The molecule has 0 unspecified atom stereocenters. The summed E-state index contributed by atoms with van der Waals surface area (Å²) in [4.78, 5) is 26.0. The molecule has 0 atom stereocenters. The number of nitrogens with zero attached hydrogens (tertiary/aromatic N) is 3. The minimum Gasteiger partial charge on any atom is -0.398 e. The van der Waals surface area contributed by atoms with Crippen molar-refractivity contribution in [2.24, 2.45) is 0 Å². The molecule has 6 rings (SSSR count). The van der Waals surface area contributed by atoms with E-state index < -0.39 is 0 Å². The number of carbonyl (C=O) groups is 1. The Bertz CT molecular complexity index is 1480. The molecule has 4 aromatic rings. The molecule has 2 aromatic heterocycles. The highest BCUT2D eigenvalue weighted by Crippen LogP contribution is 2.39. The SMILES string of the molecule is CN1CCN(C(=O)c2cc3c(ccc4nc(-c5ccc(N)c(C=[NH2+])c5)c5c(c43)CCCC5)[nH]2)CC1. The standard InChI is InChI=1S/C28H30N6O/c1-33-10-12-34(13-11-33)28(35)25-15-21-23(31-25)8-9-24-26(21)19-4-2-3-5-20(19)27(32-24)17-6-7-22(30)18(14-17)16-29/h6-9,14-16,29,31H,2-5,10-13,30H2,1H3/p+1. The number of benzene rings is 2. The number of nitrogens with one attached hydrogen (secondary N) is 1. The summed E-state index contributed by atoms with van der Waals surface area (Å²) in [6.45, 7) is 3.33. The van der Waals surface area contributed by atoms with E-state index in [0.717, 1.165) is 85.1 Å². The zero-order valence-corrected chi connectivity index (χ0v) is 20.1. The van der Waals surface area contributed by atoms with Crippen molar-refractivity contribution in [1.82, 2.24) is 19.8 Å². The predicted octanol–water partition coefficient (Wildman–Crippen LogP) is 2.41. The fraction of sp³-hybridized carbons (Fsp3) is 0.321. The minimum atomic E-state index is 0.0772. The molecule has 0 spiro atoms. The first-order chi connectivity index (χ1) is 17.0. The Morgan fingerprint density at radius 1 is 1.06 bits per heavy atom. The maximum atomic E-state index is 13.3. The number of nitrogens with two attached hydrogens (primary N) is 2. The van der Waals surface area contributed by atoms with Crippen molar-refractivity contribution in [3.63, 3.8) is 0 Å². The first kappa shape index (κ1) is 21.8. The lowest BCUT2D eigenvalue weighted by atomic mass is 9.85. The number of aromatic amines is 1. The second-order valence-electron chi connectivity index (χ2n) is 9.83. The fourth-order valence-electron chi connectivity index (χ4n) is 5.63. The van der Waals surface area contributed by atoms with Gasteiger partial charge in [0.15, 0.2) is 6.21 Å². The van der Waals surface area contributed by atoms with Crippen LogP contribution in [0.5, 0.6) is 0 Å². The quantitative estimate of drug-likeness (QED) is 0.318. The first-order valence-electron chi connectivity index (χ1n) is 12.4.